The van der Waals surface area contributed by atoms with Crippen LogP contribution >= 0.6 is 13.5 Å². The van der Waals surface area contributed by atoms with Crippen molar-refractivity contribution in [1.82, 2.24) is 14.5 Å². The first-order valence-electron chi connectivity index (χ1n) is 19.2. The van der Waals surface area contributed by atoms with Gasteiger partial charge in [0.15, 0.2) is 0 Å². The average molecular weight is 759 g/mol. The van der Waals surface area contributed by atoms with Crippen LogP contribution in [0.4, 0.5) is 5.69 Å². The van der Waals surface area contributed by atoms with Gasteiger partial charge in [-0.05, 0) is 86.3 Å². The molecule has 0 saturated carbocycles. The van der Waals surface area contributed by atoms with Crippen molar-refractivity contribution in [1.29, 1.82) is 0 Å². The maximum absolute atomic E-state index is 5.36. The molecule has 0 spiro atoms. The molecule has 0 amide bonds. The average Bonchev–Trinajstić information content (AvgIpc) is 3.65. The number of aromatic nitrogens is 2. The minimum absolute atomic E-state index is 0. The van der Waals surface area contributed by atoms with Crippen molar-refractivity contribution < 1.29 is 0 Å². The van der Waals surface area contributed by atoms with Crippen LogP contribution in [-0.2, 0) is 6.42 Å². The maximum Gasteiger partial charge on any atom is 0.0987 e. The molecule has 7 heteroatoms. The second-order valence-corrected chi connectivity index (χ2v) is 13.2. The summed E-state index contributed by atoms with van der Waals surface area (Å²) < 4.78 is 4.89. The molecule has 9 rings (SSSR count). The summed E-state index contributed by atoms with van der Waals surface area (Å²) in [5.74, 6) is 0. The Bertz CT molecular complexity index is 2510. The Hall–Kier alpha value is -5.86. The highest BCUT2D eigenvalue weighted by molar-refractivity contribution is 7.59. The molecule has 56 heavy (non-hydrogen) atoms. The molecule has 2 aliphatic rings. The number of rotatable bonds is 7. The number of fused-ring (bicyclic) bond motifs is 2. The van der Waals surface area contributed by atoms with Crippen LogP contribution in [0.1, 0.15) is 43.5 Å². The van der Waals surface area contributed by atoms with Crippen molar-refractivity contribution in [2.24, 2.45) is 10.7 Å². The van der Waals surface area contributed by atoms with Gasteiger partial charge in [-0.1, -0.05) is 135 Å². The van der Waals surface area contributed by atoms with E-state index in [1.54, 1.807) is 7.05 Å². The number of nitrogens with one attached hydrogen (secondary N) is 1. The van der Waals surface area contributed by atoms with Crippen molar-refractivity contribution in [2.45, 2.75) is 40.0 Å². The first-order chi connectivity index (χ1) is 27.1. The molecule has 2 aromatic heterocycles. The molecule has 0 saturated heterocycles. The highest BCUT2D eigenvalue weighted by Crippen LogP contribution is 2.41. The van der Waals surface area contributed by atoms with Crippen LogP contribution in [0.15, 0.2) is 163 Å². The number of para-hydroxylation sites is 2. The first-order valence-corrected chi connectivity index (χ1v) is 19.2. The van der Waals surface area contributed by atoms with Gasteiger partial charge in [0, 0.05) is 45.9 Å². The smallest absolute Gasteiger partial charge is 0.0987 e. The molecule has 5 N–H and O–H groups in total. The predicted octanol–water partition coefficient (Wildman–Crippen LogP) is 9.76. The fraction of sp³-hybridized carbons (Fsp3) is 0.163. The Morgan fingerprint density at radius 3 is 1.95 bits per heavy atom. The van der Waals surface area contributed by atoms with Gasteiger partial charge >= 0.3 is 0 Å². The molecule has 3 heterocycles. The normalized spacial score (nSPS) is 12.0. The summed E-state index contributed by atoms with van der Waals surface area (Å²) >= 11 is 0. The molecule has 0 bridgehead atoms. The number of allylic oxidation sites excluding steroid dienone is 4. The summed E-state index contributed by atoms with van der Waals surface area (Å²) in [6.07, 6.45) is 11.7. The summed E-state index contributed by atoms with van der Waals surface area (Å²) in [7, 11) is 1.81. The number of benzene rings is 5. The van der Waals surface area contributed by atoms with Gasteiger partial charge in [0.1, 0.15) is 0 Å². The summed E-state index contributed by atoms with van der Waals surface area (Å²) in [5, 5.41) is 6.25. The van der Waals surface area contributed by atoms with E-state index in [0.717, 1.165) is 30.3 Å². The zero-order valence-corrected chi connectivity index (χ0v) is 33.9. The number of nitrogens with zero attached hydrogens (tertiary/aromatic N) is 3. The quantitative estimate of drug-likeness (QED) is 0.112. The van der Waals surface area contributed by atoms with Gasteiger partial charge in [-0.2, -0.15) is 13.5 Å². The van der Waals surface area contributed by atoms with E-state index in [1.807, 2.05) is 50.4 Å². The van der Waals surface area contributed by atoms with Crippen LogP contribution in [0.5, 0.6) is 0 Å². The minimum atomic E-state index is 0. The maximum atomic E-state index is 5.36. The second kappa shape index (κ2) is 20.2. The van der Waals surface area contributed by atoms with Crippen LogP contribution in [0.2, 0.25) is 0 Å². The molecule has 286 valence electrons. The van der Waals surface area contributed by atoms with Crippen LogP contribution in [0, 0.1) is 6.92 Å². The number of hydrogen-bond donors (Lipinski definition) is 3. The van der Waals surface area contributed by atoms with E-state index in [-0.39, 0.29) is 13.5 Å². The molecule has 7 aromatic rings. The van der Waals surface area contributed by atoms with E-state index in [0.29, 0.717) is 6.67 Å². The molecule has 0 radical (unpaired) electrons. The number of hydrogen-bond acceptors (Lipinski definition) is 4. The van der Waals surface area contributed by atoms with E-state index in [2.05, 4.69) is 149 Å². The van der Waals surface area contributed by atoms with E-state index in [4.69, 9.17) is 16.5 Å². The zero-order chi connectivity index (χ0) is 38.6. The Kier molecular flexibility index (Phi) is 14.9. The lowest BCUT2D eigenvalue weighted by atomic mass is 9.97. The SMILES string of the molecule is CC.CNCN.Cc1c(-c2c(-c3ccccc3)n(C3=CC=CCC3)c3c2=NC=3)c2ccccc2n1-c1cccc(Cc2ccccc2)c1.Nc1ccccc1.S. The topological polar surface area (TPSA) is 86.3 Å². The first kappa shape index (κ1) is 41.3. The summed E-state index contributed by atoms with van der Waals surface area (Å²) in [6, 6.07) is 48.8. The van der Waals surface area contributed by atoms with Crippen LogP contribution in [0.25, 0.3) is 50.9 Å². The van der Waals surface area contributed by atoms with Gasteiger partial charge in [-0.25, -0.2) is 0 Å². The van der Waals surface area contributed by atoms with Gasteiger partial charge in [0.2, 0.25) is 0 Å². The van der Waals surface area contributed by atoms with E-state index in [9.17, 15) is 0 Å². The van der Waals surface area contributed by atoms with Gasteiger partial charge in [-0.15, -0.1) is 0 Å². The molecule has 0 fully saturated rings. The van der Waals surface area contributed by atoms with Gasteiger partial charge in [-0.3, -0.25) is 4.99 Å². The fourth-order valence-electron chi connectivity index (χ4n) is 7.17. The zero-order valence-electron chi connectivity index (χ0n) is 32.9. The van der Waals surface area contributed by atoms with Crippen LogP contribution in [-0.4, -0.2) is 22.9 Å². The number of nitrogen functional groups attached to an aromatic ring is 1. The van der Waals surface area contributed by atoms with Crippen LogP contribution in [0.3, 0.4) is 0 Å². The van der Waals surface area contributed by atoms with Crippen molar-refractivity contribution in [2.75, 3.05) is 19.5 Å². The highest BCUT2D eigenvalue weighted by atomic mass is 32.1. The lowest BCUT2D eigenvalue weighted by molar-refractivity contribution is 0.833. The summed E-state index contributed by atoms with van der Waals surface area (Å²) in [5.41, 5.74) is 23.6. The largest absolute Gasteiger partial charge is 0.399 e. The third-order valence-electron chi connectivity index (χ3n) is 9.61. The standard InChI is InChI=1S/C39H31N3.C6H7N.C2H8N2.C2H6.H2S/c1-27-36(37-38-35(26-40-38)42(31-19-9-4-10-20-31)39(37)30-17-7-3-8-18-30)33-22-11-12-23-34(33)41(27)32-21-13-16-29(25-32)24-28-14-5-2-6-15-28;7-6-4-2-1-3-5-6;1-4-2-3;1-2;/h2-9,11-19,21-23,25-26H,10,20,24H2,1H3;1-5H,7H2;4H,2-3H2,1H3;1-2H3;1H2. The molecule has 1 aliphatic heterocycles. The lowest BCUT2D eigenvalue weighted by Crippen LogP contribution is -2.35. The molecule has 6 nitrogen and oxygen atoms in total. The highest BCUT2D eigenvalue weighted by Gasteiger charge is 2.28. The Balaban J connectivity index is 0.000000372. The van der Waals surface area contributed by atoms with Gasteiger partial charge < -0.3 is 25.9 Å². The van der Waals surface area contributed by atoms with Crippen molar-refractivity contribution in [3.05, 3.63) is 185 Å². The Morgan fingerprint density at radius 1 is 0.732 bits per heavy atom. The Labute approximate surface area is 338 Å². The number of nitrogens with two attached hydrogens (primary N) is 2. The van der Waals surface area contributed by atoms with Gasteiger partial charge in [0.25, 0.3) is 0 Å². The predicted molar refractivity (Wildman–Crippen MR) is 245 cm³/mol. The monoisotopic (exact) mass is 758 g/mol. The third-order valence-corrected chi connectivity index (χ3v) is 9.61. The molecule has 1 aliphatic carbocycles. The second-order valence-electron chi connectivity index (χ2n) is 13.2. The fourth-order valence-corrected chi connectivity index (χ4v) is 7.17. The Morgan fingerprint density at radius 2 is 1.36 bits per heavy atom. The lowest BCUT2D eigenvalue weighted by Gasteiger charge is -2.17. The van der Waals surface area contributed by atoms with Crippen molar-refractivity contribution >= 4 is 42.0 Å². The molecule has 5 aromatic carbocycles. The number of anilines is 1. The molecular weight excluding hydrogens is 705 g/mol. The molecule has 0 atom stereocenters. The van der Waals surface area contributed by atoms with E-state index >= 15 is 0 Å². The van der Waals surface area contributed by atoms with E-state index in [1.165, 1.54) is 66.8 Å². The molecule has 0 unspecified atom stereocenters. The van der Waals surface area contributed by atoms with Crippen LogP contribution < -0.4 is 27.5 Å². The van der Waals surface area contributed by atoms with Crippen molar-refractivity contribution in [3.8, 4) is 28.1 Å². The third kappa shape index (κ3) is 8.98. The molecular formula is C49H54N6S. The van der Waals surface area contributed by atoms with Gasteiger partial charge in [0.05, 0.1) is 28.1 Å². The minimum Gasteiger partial charge on any atom is -0.399 e. The summed E-state index contributed by atoms with van der Waals surface area (Å²) in [4.78, 5) is 4.90. The van der Waals surface area contributed by atoms with E-state index < -0.39 is 0 Å². The summed E-state index contributed by atoms with van der Waals surface area (Å²) in [6.45, 7) is 6.84. The van der Waals surface area contributed by atoms with Crippen molar-refractivity contribution in [3.63, 3.8) is 0 Å².